The summed E-state index contributed by atoms with van der Waals surface area (Å²) < 4.78 is 42.3. The molecule has 0 spiro atoms. The van der Waals surface area contributed by atoms with Crippen molar-refractivity contribution in [3.05, 3.63) is 50.4 Å². The molecule has 10 heteroatoms. The standard InChI is InChI=1S/C22H22F3N3O2S2/c1-10-11(2)31-20-16(10)21(30)28(13-6-4-5-7-13)22(27-20)32-12(3)19(29)26-15-9-8-14(23)17(24)18(15)25/h8-9,12-13H,4-7H2,1-3H3,(H,26,29). The molecule has 0 saturated heterocycles. The van der Waals surface area contributed by atoms with E-state index in [-0.39, 0.29) is 11.6 Å². The highest BCUT2D eigenvalue weighted by molar-refractivity contribution is 8.00. The Balaban J connectivity index is 1.67. The van der Waals surface area contributed by atoms with Crippen LogP contribution in [0.1, 0.15) is 49.1 Å². The van der Waals surface area contributed by atoms with Crippen molar-refractivity contribution in [2.24, 2.45) is 0 Å². The number of rotatable bonds is 5. The lowest BCUT2D eigenvalue weighted by molar-refractivity contribution is -0.115. The Morgan fingerprint density at radius 1 is 1.22 bits per heavy atom. The zero-order valence-corrected chi connectivity index (χ0v) is 19.4. The first-order chi connectivity index (χ1) is 15.2. The summed E-state index contributed by atoms with van der Waals surface area (Å²) >= 11 is 2.53. The summed E-state index contributed by atoms with van der Waals surface area (Å²) in [6.07, 6.45) is 3.77. The first-order valence-corrected chi connectivity index (χ1v) is 12.0. The van der Waals surface area contributed by atoms with E-state index in [1.807, 2.05) is 13.8 Å². The molecule has 1 unspecified atom stereocenters. The van der Waals surface area contributed by atoms with Crippen LogP contribution in [0.3, 0.4) is 0 Å². The van der Waals surface area contributed by atoms with Crippen LogP contribution in [-0.2, 0) is 4.79 Å². The van der Waals surface area contributed by atoms with Gasteiger partial charge in [-0.3, -0.25) is 14.2 Å². The zero-order valence-electron chi connectivity index (χ0n) is 17.8. The molecule has 32 heavy (non-hydrogen) atoms. The molecule has 1 N–H and O–H groups in total. The lowest BCUT2D eigenvalue weighted by Crippen LogP contribution is -2.29. The van der Waals surface area contributed by atoms with E-state index in [1.165, 1.54) is 11.3 Å². The Morgan fingerprint density at radius 3 is 2.59 bits per heavy atom. The van der Waals surface area contributed by atoms with Gasteiger partial charge in [0.25, 0.3) is 5.56 Å². The van der Waals surface area contributed by atoms with E-state index in [0.717, 1.165) is 60.0 Å². The Hall–Kier alpha value is -2.33. The van der Waals surface area contributed by atoms with E-state index >= 15 is 0 Å². The van der Waals surface area contributed by atoms with Gasteiger partial charge >= 0.3 is 0 Å². The number of anilines is 1. The lowest BCUT2D eigenvalue weighted by Gasteiger charge is -2.20. The number of thiophene rings is 1. The van der Waals surface area contributed by atoms with Crippen LogP contribution in [0.4, 0.5) is 18.9 Å². The van der Waals surface area contributed by atoms with E-state index < -0.39 is 34.3 Å². The number of nitrogens with zero attached hydrogens (tertiary/aromatic N) is 2. The minimum absolute atomic E-state index is 0.0143. The molecule has 0 aliphatic heterocycles. The fourth-order valence-electron chi connectivity index (χ4n) is 3.92. The average Bonchev–Trinajstić information content (AvgIpc) is 3.37. The predicted octanol–water partition coefficient (Wildman–Crippen LogP) is 5.73. The van der Waals surface area contributed by atoms with Crippen molar-refractivity contribution in [1.82, 2.24) is 9.55 Å². The van der Waals surface area contributed by atoms with Gasteiger partial charge in [0, 0.05) is 10.9 Å². The van der Waals surface area contributed by atoms with Crippen molar-refractivity contribution in [3.8, 4) is 0 Å². The summed E-state index contributed by atoms with van der Waals surface area (Å²) in [5.74, 6) is -5.04. The number of aromatic nitrogens is 2. The minimum atomic E-state index is -1.64. The molecule has 1 aromatic carbocycles. The van der Waals surface area contributed by atoms with Crippen molar-refractivity contribution in [2.75, 3.05) is 5.32 Å². The van der Waals surface area contributed by atoms with Crippen LogP contribution < -0.4 is 10.9 Å². The van der Waals surface area contributed by atoms with Gasteiger partial charge in [0.1, 0.15) is 4.83 Å². The van der Waals surface area contributed by atoms with Crippen LogP contribution in [0, 0.1) is 31.3 Å². The first-order valence-electron chi connectivity index (χ1n) is 10.3. The van der Waals surface area contributed by atoms with Gasteiger partial charge in [-0.2, -0.15) is 0 Å². The maximum Gasteiger partial charge on any atom is 0.263 e. The summed E-state index contributed by atoms with van der Waals surface area (Å²) in [7, 11) is 0. The fourth-order valence-corrected chi connectivity index (χ4v) is 5.97. The van der Waals surface area contributed by atoms with E-state index in [0.29, 0.717) is 15.4 Å². The molecule has 0 bridgehead atoms. The topological polar surface area (TPSA) is 64.0 Å². The highest BCUT2D eigenvalue weighted by Gasteiger charge is 2.27. The molecular weight excluding hydrogens is 459 g/mol. The molecule has 2 aromatic heterocycles. The molecule has 5 nitrogen and oxygen atoms in total. The smallest absolute Gasteiger partial charge is 0.263 e. The number of thioether (sulfide) groups is 1. The molecule has 3 aromatic rings. The largest absolute Gasteiger partial charge is 0.323 e. The second kappa shape index (κ2) is 8.90. The fraction of sp³-hybridized carbons (Fsp3) is 0.409. The predicted molar refractivity (Wildman–Crippen MR) is 121 cm³/mol. The number of carbonyl (C=O) groups is 1. The third-order valence-electron chi connectivity index (χ3n) is 5.84. The average molecular weight is 482 g/mol. The van der Waals surface area contributed by atoms with Crippen molar-refractivity contribution in [1.29, 1.82) is 0 Å². The van der Waals surface area contributed by atoms with E-state index in [2.05, 4.69) is 5.32 Å². The Labute approximate surface area is 191 Å². The first kappa shape index (κ1) is 22.8. The van der Waals surface area contributed by atoms with Crippen molar-refractivity contribution < 1.29 is 18.0 Å². The summed E-state index contributed by atoms with van der Waals surface area (Å²) in [6, 6.07) is 1.74. The summed E-state index contributed by atoms with van der Waals surface area (Å²) in [5.41, 5.74) is 0.373. The third kappa shape index (κ3) is 4.05. The molecule has 2 heterocycles. The SMILES string of the molecule is Cc1sc2nc(SC(C)C(=O)Nc3ccc(F)c(F)c3F)n(C3CCCC3)c(=O)c2c1C. The number of amides is 1. The molecule has 1 saturated carbocycles. The Morgan fingerprint density at radius 2 is 1.91 bits per heavy atom. The highest BCUT2D eigenvalue weighted by atomic mass is 32.2. The Bertz CT molecular complexity index is 1270. The van der Waals surface area contributed by atoms with Gasteiger partial charge in [-0.15, -0.1) is 11.3 Å². The second-order valence-electron chi connectivity index (χ2n) is 7.94. The highest BCUT2D eigenvalue weighted by Crippen LogP contribution is 2.35. The molecule has 170 valence electrons. The number of aryl methyl sites for hydroxylation is 2. The molecule has 1 amide bonds. The quantitative estimate of drug-likeness (QED) is 0.287. The van der Waals surface area contributed by atoms with Crippen molar-refractivity contribution in [3.63, 3.8) is 0 Å². The maximum atomic E-state index is 14.0. The number of benzene rings is 1. The monoisotopic (exact) mass is 481 g/mol. The van der Waals surface area contributed by atoms with Gasteiger partial charge in [-0.25, -0.2) is 18.2 Å². The van der Waals surface area contributed by atoms with Crippen molar-refractivity contribution >= 4 is 44.9 Å². The van der Waals surface area contributed by atoms with Gasteiger partial charge in [0.15, 0.2) is 22.6 Å². The van der Waals surface area contributed by atoms with Crippen LogP contribution in [-0.4, -0.2) is 20.7 Å². The number of hydrogen-bond acceptors (Lipinski definition) is 5. The lowest BCUT2D eigenvalue weighted by atomic mass is 10.2. The molecule has 0 radical (unpaired) electrons. The van der Waals surface area contributed by atoms with Crippen molar-refractivity contribution in [2.45, 2.75) is 62.9 Å². The van der Waals surface area contributed by atoms with Crippen LogP contribution in [0.2, 0.25) is 0 Å². The van der Waals surface area contributed by atoms with Gasteiger partial charge in [-0.05, 0) is 51.3 Å². The summed E-state index contributed by atoms with van der Waals surface area (Å²) in [5, 5.41) is 2.59. The second-order valence-corrected chi connectivity index (χ2v) is 10.5. The summed E-state index contributed by atoms with van der Waals surface area (Å²) in [4.78, 5) is 32.5. The number of fused-ring (bicyclic) bond motifs is 1. The van der Waals surface area contributed by atoms with Gasteiger partial charge in [0.05, 0.1) is 16.3 Å². The number of carbonyl (C=O) groups excluding carboxylic acids is 1. The summed E-state index contributed by atoms with van der Waals surface area (Å²) in [6.45, 7) is 5.45. The van der Waals surface area contributed by atoms with E-state index in [4.69, 9.17) is 4.98 Å². The minimum Gasteiger partial charge on any atom is -0.323 e. The van der Waals surface area contributed by atoms with E-state index in [1.54, 1.807) is 11.5 Å². The molecule has 1 atom stereocenters. The number of nitrogens with one attached hydrogen (secondary N) is 1. The molecule has 1 fully saturated rings. The van der Waals surface area contributed by atoms with Crippen LogP contribution in [0.5, 0.6) is 0 Å². The zero-order chi connectivity index (χ0) is 23.2. The normalized spacial score (nSPS) is 15.4. The van der Waals surface area contributed by atoms with Crippen LogP contribution in [0.25, 0.3) is 10.2 Å². The maximum absolute atomic E-state index is 14.0. The molecule has 4 rings (SSSR count). The number of halogens is 3. The molecule has 1 aliphatic carbocycles. The van der Waals surface area contributed by atoms with Crippen LogP contribution >= 0.6 is 23.1 Å². The molecular formula is C22H22F3N3O2S2. The Kier molecular flexibility index (Phi) is 6.35. The van der Waals surface area contributed by atoms with E-state index in [9.17, 15) is 22.8 Å². The van der Waals surface area contributed by atoms with Gasteiger partial charge < -0.3 is 5.32 Å². The third-order valence-corrected chi connectivity index (χ3v) is 8.00. The number of hydrogen-bond donors (Lipinski definition) is 1. The van der Waals surface area contributed by atoms with Gasteiger partial charge in [0.2, 0.25) is 5.91 Å². The molecule has 1 aliphatic rings. The van der Waals surface area contributed by atoms with Gasteiger partial charge in [-0.1, -0.05) is 24.6 Å². The van der Waals surface area contributed by atoms with Crippen LogP contribution in [0.15, 0.2) is 22.1 Å².